The van der Waals surface area contributed by atoms with Crippen LogP contribution in [0.2, 0.25) is 0 Å². The van der Waals surface area contributed by atoms with Gasteiger partial charge in [-0.05, 0) is 49.4 Å². The Morgan fingerprint density at radius 3 is 2.23 bits per heavy atom. The Morgan fingerprint density at radius 2 is 1.58 bits per heavy atom. The predicted octanol–water partition coefficient (Wildman–Crippen LogP) is 3.55. The van der Waals surface area contributed by atoms with Gasteiger partial charge in [-0.1, -0.05) is 18.2 Å². The zero-order valence-corrected chi connectivity index (χ0v) is 15.3. The van der Waals surface area contributed by atoms with Crippen LogP contribution in [0.3, 0.4) is 0 Å². The van der Waals surface area contributed by atoms with Crippen LogP contribution < -0.4 is 9.64 Å². The first kappa shape index (κ1) is 18.3. The van der Waals surface area contributed by atoms with E-state index in [1.165, 1.54) is 12.8 Å². The molecular weight excluding hydrogens is 328 g/mol. The fraction of sp³-hybridized carbons (Fsp3) is 0.381. The van der Waals surface area contributed by atoms with Gasteiger partial charge in [0.2, 0.25) is 0 Å². The van der Waals surface area contributed by atoms with Crippen LogP contribution in [0.5, 0.6) is 11.5 Å². The SMILES string of the molecule is COC(=O)CCCN1CCN(c2ccc(Oc3ccccc3)cc2)CC1. The molecule has 2 aromatic rings. The van der Waals surface area contributed by atoms with Crippen molar-refractivity contribution in [1.82, 2.24) is 4.90 Å². The number of benzene rings is 2. The highest BCUT2D eigenvalue weighted by Gasteiger charge is 2.17. The van der Waals surface area contributed by atoms with Gasteiger partial charge >= 0.3 is 5.97 Å². The van der Waals surface area contributed by atoms with Crippen LogP contribution in [0.25, 0.3) is 0 Å². The summed E-state index contributed by atoms with van der Waals surface area (Å²) in [4.78, 5) is 16.0. The van der Waals surface area contributed by atoms with E-state index in [4.69, 9.17) is 4.74 Å². The van der Waals surface area contributed by atoms with Crippen molar-refractivity contribution in [2.75, 3.05) is 44.7 Å². The highest BCUT2D eigenvalue weighted by atomic mass is 16.5. The van der Waals surface area contributed by atoms with E-state index in [1.807, 2.05) is 42.5 Å². The number of piperazine rings is 1. The van der Waals surface area contributed by atoms with Gasteiger partial charge in [0.15, 0.2) is 0 Å². The normalized spacial score (nSPS) is 14.9. The minimum absolute atomic E-state index is 0.124. The minimum atomic E-state index is -0.124. The van der Waals surface area contributed by atoms with E-state index in [1.54, 1.807) is 0 Å². The zero-order valence-electron chi connectivity index (χ0n) is 15.3. The molecule has 0 atom stereocenters. The molecule has 26 heavy (non-hydrogen) atoms. The lowest BCUT2D eigenvalue weighted by molar-refractivity contribution is -0.140. The Bertz CT molecular complexity index is 680. The number of carbonyl (C=O) groups is 1. The van der Waals surface area contributed by atoms with Gasteiger partial charge in [-0.3, -0.25) is 9.69 Å². The van der Waals surface area contributed by atoms with Crippen LogP contribution in [-0.4, -0.2) is 50.7 Å². The molecule has 0 N–H and O–H groups in total. The summed E-state index contributed by atoms with van der Waals surface area (Å²) in [5.74, 6) is 1.57. The van der Waals surface area contributed by atoms with Gasteiger partial charge in [0.05, 0.1) is 7.11 Å². The van der Waals surface area contributed by atoms with E-state index in [9.17, 15) is 4.79 Å². The van der Waals surface area contributed by atoms with Crippen molar-refractivity contribution in [3.05, 3.63) is 54.6 Å². The van der Waals surface area contributed by atoms with Crippen molar-refractivity contribution in [2.24, 2.45) is 0 Å². The van der Waals surface area contributed by atoms with Crippen LogP contribution in [0, 0.1) is 0 Å². The van der Waals surface area contributed by atoms with E-state index < -0.39 is 0 Å². The molecule has 0 saturated carbocycles. The Hall–Kier alpha value is -2.53. The molecule has 3 rings (SSSR count). The van der Waals surface area contributed by atoms with Gasteiger partial charge in [-0.2, -0.15) is 0 Å². The van der Waals surface area contributed by atoms with Gasteiger partial charge in [0, 0.05) is 38.3 Å². The van der Waals surface area contributed by atoms with Crippen molar-refractivity contribution in [2.45, 2.75) is 12.8 Å². The van der Waals surface area contributed by atoms with Crippen molar-refractivity contribution in [3.63, 3.8) is 0 Å². The molecule has 1 aliphatic rings. The molecule has 138 valence electrons. The number of anilines is 1. The molecule has 1 fully saturated rings. The molecule has 1 heterocycles. The fourth-order valence-corrected chi connectivity index (χ4v) is 3.13. The number of carbonyl (C=O) groups excluding carboxylic acids is 1. The van der Waals surface area contributed by atoms with E-state index in [-0.39, 0.29) is 5.97 Å². The molecule has 1 aliphatic heterocycles. The highest BCUT2D eigenvalue weighted by Crippen LogP contribution is 2.25. The van der Waals surface area contributed by atoms with Crippen molar-refractivity contribution >= 4 is 11.7 Å². The molecular formula is C21H26N2O3. The molecule has 2 aromatic carbocycles. The number of hydrogen-bond donors (Lipinski definition) is 0. The standard InChI is InChI=1S/C21H26N2O3/c1-25-21(24)8-5-13-22-14-16-23(17-15-22)18-9-11-20(12-10-18)26-19-6-3-2-4-7-19/h2-4,6-7,9-12H,5,8,13-17H2,1H3. The van der Waals surface area contributed by atoms with E-state index >= 15 is 0 Å². The molecule has 0 radical (unpaired) electrons. The topological polar surface area (TPSA) is 42.0 Å². The summed E-state index contributed by atoms with van der Waals surface area (Å²) in [6, 6.07) is 18.1. The molecule has 5 nitrogen and oxygen atoms in total. The van der Waals surface area contributed by atoms with Crippen molar-refractivity contribution in [1.29, 1.82) is 0 Å². The third kappa shape index (κ3) is 5.23. The largest absolute Gasteiger partial charge is 0.469 e. The summed E-state index contributed by atoms with van der Waals surface area (Å²) in [6.07, 6.45) is 1.36. The zero-order chi connectivity index (χ0) is 18.2. The van der Waals surface area contributed by atoms with Crippen LogP contribution in [0.1, 0.15) is 12.8 Å². The monoisotopic (exact) mass is 354 g/mol. The molecule has 1 saturated heterocycles. The lowest BCUT2D eigenvalue weighted by atomic mass is 10.2. The molecule has 0 bridgehead atoms. The lowest BCUT2D eigenvalue weighted by Crippen LogP contribution is -2.46. The molecule has 5 heteroatoms. The smallest absolute Gasteiger partial charge is 0.305 e. The maximum atomic E-state index is 11.2. The van der Waals surface area contributed by atoms with Crippen LogP contribution in [-0.2, 0) is 9.53 Å². The summed E-state index contributed by atoms with van der Waals surface area (Å²) >= 11 is 0. The summed E-state index contributed by atoms with van der Waals surface area (Å²) in [5.41, 5.74) is 1.22. The van der Waals surface area contributed by atoms with Crippen LogP contribution >= 0.6 is 0 Å². The first-order valence-corrected chi connectivity index (χ1v) is 9.12. The maximum Gasteiger partial charge on any atom is 0.305 e. The van der Waals surface area contributed by atoms with Gasteiger partial charge in [0.25, 0.3) is 0 Å². The van der Waals surface area contributed by atoms with Crippen LogP contribution in [0.4, 0.5) is 5.69 Å². The average molecular weight is 354 g/mol. The minimum Gasteiger partial charge on any atom is -0.469 e. The third-order valence-electron chi connectivity index (χ3n) is 4.64. The Kier molecular flexibility index (Phi) is 6.50. The van der Waals surface area contributed by atoms with Crippen molar-refractivity contribution in [3.8, 4) is 11.5 Å². The Labute approximate surface area is 155 Å². The Morgan fingerprint density at radius 1 is 0.923 bits per heavy atom. The number of ether oxygens (including phenoxy) is 2. The summed E-state index contributed by atoms with van der Waals surface area (Å²) < 4.78 is 10.5. The second kappa shape index (κ2) is 9.25. The molecule has 0 amide bonds. The second-order valence-electron chi connectivity index (χ2n) is 6.42. The third-order valence-corrected chi connectivity index (χ3v) is 4.64. The molecule has 0 unspecified atom stereocenters. The number of methoxy groups -OCH3 is 1. The molecule has 0 aromatic heterocycles. The van der Waals surface area contributed by atoms with E-state index in [0.717, 1.165) is 50.6 Å². The van der Waals surface area contributed by atoms with E-state index in [2.05, 4.69) is 26.7 Å². The second-order valence-corrected chi connectivity index (χ2v) is 6.42. The Balaban J connectivity index is 1.45. The van der Waals surface area contributed by atoms with Gasteiger partial charge in [-0.25, -0.2) is 0 Å². The summed E-state index contributed by atoms with van der Waals surface area (Å²) in [5, 5.41) is 0. The van der Waals surface area contributed by atoms with Gasteiger partial charge in [0.1, 0.15) is 11.5 Å². The first-order chi connectivity index (χ1) is 12.7. The number of para-hydroxylation sites is 1. The number of nitrogens with zero attached hydrogens (tertiary/aromatic N) is 2. The lowest BCUT2D eigenvalue weighted by Gasteiger charge is -2.36. The number of esters is 1. The summed E-state index contributed by atoms with van der Waals surface area (Å²) in [6.45, 7) is 4.98. The molecule has 0 spiro atoms. The van der Waals surface area contributed by atoms with E-state index in [0.29, 0.717) is 6.42 Å². The summed E-state index contributed by atoms with van der Waals surface area (Å²) in [7, 11) is 1.44. The fourth-order valence-electron chi connectivity index (χ4n) is 3.13. The molecule has 0 aliphatic carbocycles. The first-order valence-electron chi connectivity index (χ1n) is 9.12. The maximum absolute atomic E-state index is 11.2. The quantitative estimate of drug-likeness (QED) is 0.711. The number of hydrogen-bond acceptors (Lipinski definition) is 5. The van der Waals surface area contributed by atoms with Gasteiger partial charge in [-0.15, -0.1) is 0 Å². The van der Waals surface area contributed by atoms with Crippen LogP contribution in [0.15, 0.2) is 54.6 Å². The predicted molar refractivity (Wildman–Crippen MR) is 103 cm³/mol. The van der Waals surface area contributed by atoms with Crippen molar-refractivity contribution < 1.29 is 14.3 Å². The highest BCUT2D eigenvalue weighted by molar-refractivity contribution is 5.69. The average Bonchev–Trinajstić information content (AvgIpc) is 2.70. The van der Waals surface area contributed by atoms with Gasteiger partial charge < -0.3 is 14.4 Å². The number of rotatable bonds is 7.